The number of nitrogens with one attached hydrogen (secondary N) is 1. The Hall–Kier alpha value is -3.19. The molecule has 0 amide bonds. The van der Waals surface area contributed by atoms with E-state index in [2.05, 4.69) is 46.6 Å². The maximum absolute atomic E-state index is 11.5. The van der Waals surface area contributed by atoms with Gasteiger partial charge in [-0.05, 0) is 74.4 Å². The lowest BCUT2D eigenvalue weighted by atomic mass is 9.96. The van der Waals surface area contributed by atoms with Gasteiger partial charge in [-0.15, -0.1) is 0 Å². The Morgan fingerprint density at radius 1 is 1.19 bits per heavy atom. The zero-order valence-electron chi connectivity index (χ0n) is 18.6. The smallest absolute Gasteiger partial charge is 0.335 e. The fourth-order valence-corrected chi connectivity index (χ4v) is 4.91. The van der Waals surface area contributed by atoms with E-state index in [0.717, 1.165) is 47.3 Å². The van der Waals surface area contributed by atoms with Crippen LogP contribution in [0.15, 0.2) is 54.7 Å². The summed E-state index contributed by atoms with van der Waals surface area (Å²) in [6.45, 7) is 7.19. The quantitative estimate of drug-likeness (QED) is 0.498. The van der Waals surface area contributed by atoms with Crippen molar-refractivity contribution in [2.24, 2.45) is 0 Å². The van der Waals surface area contributed by atoms with Crippen LogP contribution in [0.25, 0.3) is 5.69 Å². The lowest BCUT2D eigenvalue weighted by Gasteiger charge is -2.28. The normalized spacial score (nSPS) is 18.1. The van der Waals surface area contributed by atoms with Gasteiger partial charge in [0, 0.05) is 29.8 Å². The highest BCUT2D eigenvalue weighted by atomic mass is 32.1. The summed E-state index contributed by atoms with van der Waals surface area (Å²) in [6.07, 6.45) is 3.94. The molecule has 1 aromatic carbocycles. The van der Waals surface area contributed by atoms with Gasteiger partial charge in [-0.25, -0.2) is 4.79 Å². The van der Waals surface area contributed by atoms with Gasteiger partial charge < -0.3 is 19.9 Å². The Kier molecular flexibility index (Phi) is 6.28. The predicted molar refractivity (Wildman–Crippen MR) is 129 cm³/mol. The first-order valence-electron chi connectivity index (χ1n) is 10.9. The third-order valence-electron chi connectivity index (χ3n) is 6.09. The monoisotopic (exact) mass is 448 g/mol. The molecule has 2 aromatic heterocycles. The zero-order chi connectivity index (χ0) is 22.8. The number of carboxylic acids is 1. The molecule has 2 atom stereocenters. The second kappa shape index (κ2) is 9.12. The average molecular weight is 449 g/mol. The van der Waals surface area contributed by atoms with Gasteiger partial charge in [0.15, 0.2) is 5.11 Å². The van der Waals surface area contributed by atoms with E-state index in [-0.39, 0.29) is 17.6 Å². The van der Waals surface area contributed by atoms with Crippen molar-refractivity contribution >= 4 is 23.3 Å². The van der Waals surface area contributed by atoms with Gasteiger partial charge in [0.2, 0.25) is 0 Å². The van der Waals surface area contributed by atoms with Crippen LogP contribution < -0.4 is 5.32 Å². The predicted octanol–water partition coefficient (Wildman–Crippen LogP) is 4.96. The molecule has 2 N–H and O–H groups in total. The fourth-order valence-electron chi connectivity index (χ4n) is 4.58. The number of carbonyl (C=O) groups is 1. The van der Waals surface area contributed by atoms with Crippen molar-refractivity contribution in [1.29, 1.82) is 0 Å². The SMILES string of the molecule is CCCCN1C(=S)N[C@H](c2ccccn2)[C@@H]1c1cc(C)n(-c2cccc(C(=O)O)c2)c1C. The topological polar surface area (TPSA) is 70.4 Å². The molecule has 1 aliphatic rings. The van der Waals surface area contributed by atoms with Gasteiger partial charge in [0.05, 0.1) is 23.3 Å². The van der Waals surface area contributed by atoms with Crippen LogP contribution in [0.2, 0.25) is 0 Å². The first-order chi connectivity index (χ1) is 15.4. The lowest BCUT2D eigenvalue weighted by molar-refractivity contribution is 0.0697. The molecule has 32 heavy (non-hydrogen) atoms. The molecule has 3 heterocycles. The number of carboxylic acid groups (broad SMARTS) is 1. The van der Waals surface area contributed by atoms with Crippen LogP contribution in [-0.2, 0) is 0 Å². The molecule has 4 rings (SSSR count). The molecule has 166 valence electrons. The summed E-state index contributed by atoms with van der Waals surface area (Å²) < 4.78 is 2.12. The number of hydrogen-bond donors (Lipinski definition) is 2. The molecular formula is C25H28N4O2S. The van der Waals surface area contributed by atoms with Gasteiger partial charge in [-0.3, -0.25) is 4.98 Å². The van der Waals surface area contributed by atoms with Crippen LogP contribution in [0.4, 0.5) is 0 Å². The molecule has 3 aromatic rings. The van der Waals surface area contributed by atoms with E-state index in [0.29, 0.717) is 0 Å². The van der Waals surface area contributed by atoms with Crippen molar-refractivity contribution in [1.82, 2.24) is 19.8 Å². The van der Waals surface area contributed by atoms with Crippen molar-refractivity contribution in [3.05, 3.63) is 82.9 Å². The number of unbranched alkanes of at least 4 members (excludes halogenated alkanes) is 1. The van der Waals surface area contributed by atoms with E-state index in [4.69, 9.17) is 12.2 Å². The molecule has 6 nitrogen and oxygen atoms in total. The van der Waals surface area contributed by atoms with Crippen molar-refractivity contribution < 1.29 is 9.90 Å². The van der Waals surface area contributed by atoms with Gasteiger partial charge in [0.25, 0.3) is 0 Å². The largest absolute Gasteiger partial charge is 0.478 e. The van der Waals surface area contributed by atoms with Gasteiger partial charge in [-0.2, -0.15) is 0 Å². The standard InChI is InChI=1S/C25H28N4O2S/c1-4-5-13-28-23(22(27-25(28)32)21-11-6-7-12-26-21)20-14-16(2)29(17(20)3)19-10-8-9-18(15-19)24(30)31/h6-12,14-15,22-23H,4-5,13H2,1-3H3,(H,27,32)(H,30,31)/t22-,23+/m1/s1. The summed E-state index contributed by atoms with van der Waals surface area (Å²) in [5.74, 6) is -0.930. The fraction of sp³-hybridized carbons (Fsp3) is 0.320. The summed E-state index contributed by atoms with van der Waals surface area (Å²) in [6, 6.07) is 15.2. The summed E-state index contributed by atoms with van der Waals surface area (Å²) in [5, 5.41) is 13.7. The number of rotatable bonds is 7. The van der Waals surface area contributed by atoms with E-state index < -0.39 is 5.97 Å². The molecular weight excluding hydrogens is 420 g/mol. The average Bonchev–Trinajstić information content (AvgIpc) is 3.27. The Labute approximate surface area is 193 Å². The van der Waals surface area contributed by atoms with Crippen LogP contribution in [0.1, 0.15) is 64.9 Å². The first-order valence-corrected chi connectivity index (χ1v) is 11.3. The third-order valence-corrected chi connectivity index (χ3v) is 6.44. The number of aromatic nitrogens is 2. The summed E-state index contributed by atoms with van der Waals surface area (Å²) in [5.41, 5.74) is 5.36. The maximum atomic E-state index is 11.5. The Bertz CT molecular complexity index is 1140. The number of hydrogen-bond acceptors (Lipinski definition) is 3. The molecule has 7 heteroatoms. The van der Waals surface area contributed by atoms with E-state index >= 15 is 0 Å². The van der Waals surface area contributed by atoms with Crippen molar-refractivity contribution in [3.63, 3.8) is 0 Å². The van der Waals surface area contributed by atoms with Crippen molar-refractivity contribution in [3.8, 4) is 5.69 Å². The molecule has 0 bridgehead atoms. The van der Waals surface area contributed by atoms with E-state index in [1.807, 2.05) is 30.5 Å². The molecule has 1 saturated heterocycles. The molecule has 0 saturated carbocycles. The van der Waals surface area contributed by atoms with Gasteiger partial charge in [-0.1, -0.05) is 25.5 Å². The van der Waals surface area contributed by atoms with Crippen LogP contribution in [0.5, 0.6) is 0 Å². The van der Waals surface area contributed by atoms with Crippen LogP contribution in [0, 0.1) is 13.8 Å². The first kappa shape index (κ1) is 22.0. The second-order valence-corrected chi connectivity index (χ2v) is 8.58. The Morgan fingerprint density at radius 2 is 2.00 bits per heavy atom. The number of aromatic carboxylic acids is 1. The zero-order valence-corrected chi connectivity index (χ0v) is 19.4. The molecule has 1 aliphatic heterocycles. The number of thiocarbonyl (C=S) groups is 1. The Balaban J connectivity index is 1.82. The lowest BCUT2D eigenvalue weighted by Crippen LogP contribution is -2.30. The minimum atomic E-state index is -0.930. The highest BCUT2D eigenvalue weighted by Gasteiger charge is 2.41. The highest BCUT2D eigenvalue weighted by Crippen LogP contribution is 2.41. The van der Waals surface area contributed by atoms with Gasteiger partial charge >= 0.3 is 5.97 Å². The summed E-state index contributed by atoms with van der Waals surface area (Å²) in [4.78, 5) is 18.4. The van der Waals surface area contributed by atoms with Crippen LogP contribution in [-0.4, -0.2) is 37.2 Å². The van der Waals surface area contributed by atoms with E-state index in [1.54, 1.807) is 18.2 Å². The number of nitrogens with zero attached hydrogens (tertiary/aromatic N) is 3. The number of pyridine rings is 1. The van der Waals surface area contributed by atoms with Crippen LogP contribution >= 0.6 is 12.2 Å². The second-order valence-electron chi connectivity index (χ2n) is 8.19. The minimum absolute atomic E-state index is 0.00607. The molecule has 0 unspecified atom stereocenters. The summed E-state index contributed by atoms with van der Waals surface area (Å²) in [7, 11) is 0. The van der Waals surface area contributed by atoms with E-state index in [9.17, 15) is 9.90 Å². The number of aryl methyl sites for hydroxylation is 1. The number of benzene rings is 1. The van der Waals surface area contributed by atoms with Gasteiger partial charge in [0.1, 0.15) is 0 Å². The highest BCUT2D eigenvalue weighted by molar-refractivity contribution is 7.80. The minimum Gasteiger partial charge on any atom is -0.478 e. The van der Waals surface area contributed by atoms with Crippen molar-refractivity contribution in [2.45, 2.75) is 45.7 Å². The molecule has 0 spiro atoms. The van der Waals surface area contributed by atoms with Crippen molar-refractivity contribution in [2.75, 3.05) is 6.54 Å². The van der Waals surface area contributed by atoms with E-state index in [1.165, 1.54) is 5.56 Å². The Morgan fingerprint density at radius 3 is 2.69 bits per heavy atom. The third kappa shape index (κ3) is 4.00. The molecule has 0 aliphatic carbocycles. The molecule has 0 radical (unpaired) electrons. The maximum Gasteiger partial charge on any atom is 0.335 e. The summed E-state index contributed by atoms with van der Waals surface area (Å²) >= 11 is 5.75. The van der Waals surface area contributed by atoms with Crippen LogP contribution in [0.3, 0.4) is 0 Å². The molecule has 1 fully saturated rings.